The van der Waals surface area contributed by atoms with Gasteiger partial charge in [-0.1, -0.05) is 43.9 Å². The minimum Gasteiger partial charge on any atom is -0.444 e. The molecule has 0 aliphatic carbocycles. The highest BCUT2D eigenvalue weighted by Gasteiger charge is 2.35. The van der Waals surface area contributed by atoms with Gasteiger partial charge in [-0.25, -0.2) is 4.79 Å². The third kappa shape index (κ3) is 10.1. The molecule has 1 aromatic rings. The Hall–Kier alpha value is -3.54. The van der Waals surface area contributed by atoms with Crippen molar-refractivity contribution in [2.24, 2.45) is 5.73 Å². The van der Waals surface area contributed by atoms with E-state index in [1.54, 1.807) is 45.0 Å². The van der Waals surface area contributed by atoms with Crippen LogP contribution in [0.1, 0.15) is 77.0 Å². The van der Waals surface area contributed by atoms with Gasteiger partial charge in [-0.3, -0.25) is 14.4 Å². The molecule has 4 N–H and O–H groups in total. The number of hydrogen-bond donors (Lipinski definition) is 3. The number of alkyl carbamates (subject to hydrolysis) is 1. The zero-order valence-corrected chi connectivity index (χ0v) is 21.3. The molecule has 35 heavy (non-hydrogen) atoms. The molecule has 0 saturated heterocycles. The lowest BCUT2D eigenvalue weighted by molar-refractivity contribution is -0.141. The van der Waals surface area contributed by atoms with Crippen LogP contribution in [0.5, 0.6) is 0 Å². The monoisotopic (exact) mass is 486 g/mol. The van der Waals surface area contributed by atoms with Crippen molar-refractivity contribution in [3.8, 4) is 12.3 Å². The summed E-state index contributed by atoms with van der Waals surface area (Å²) in [7, 11) is 1.46. The smallest absolute Gasteiger partial charge is 0.408 e. The number of amides is 4. The Morgan fingerprint density at radius 1 is 1.17 bits per heavy atom. The van der Waals surface area contributed by atoms with Gasteiger partial charge in [-0.05, 0) is 45.2 Å². The first kappa shape index (κ1) is 29.5. The van der Waals surface area contributed by atoms with Crippen molar-refractivity contribution in [2.45, 2.75) is 77.5 Å². The van der Waals surface area contributed by atoms with Gasteiger partial charge in [0.25, 0.3) is 0 Å². The van der Waals surface area contributed by atoms with Crippen LogP contribution >= 0.6 is 0 Å². The van der Waals surface area contributed by atoms with Crippen molar-refractivity contribution >= 4 is 23.8 Å². The number of carbonyl (C=O) groups is 4. The molecule has 0 saturated carbocycles. The van der Waals surface area contributed by atoms with E-state index in [1.807, 2.05) is 0 Å². The maximum absolute atomic E-state index is 13.5. The van der Waals surface area contributed by atoms with Crippen LogP contribution in [-0.2, 0) is 19.1 Å². The number of nitrogens with one attached hydrogen (secondary N) is 2. The molecule has 9 nitrogen and oxygen atoms in total. The average Bonchev–Trinajstić information content (AvgIpc) is 2.78. The van der Waals surface area contributed by atoms with E-state index >= 15 is 0 Å². The van der Waals surface area contributed by atoms with Crippen LogP contribution in [0.15, 0.2) is 24.3 Å². The number of primary amides is 1. The molecule has 0 spiro atoms. The number of likely N-dealkylation sites (N-methyl/N-ethyl adjacent to an activating group) is 1. The summed E-state index contributed by atoms with van der Waals surface area (Å²) in [5.41, 5.74) is 5.42. The Morgan fingerprint density at radius 2 is 1.83 bits per heavy atom. The Bertz CT molecular complexity index is 932. The molecule has 9 heteroatoms. The van der Waals surface area contributed by atoms with Crippen LogP contribution in [0, 0.1) is 12.3 Å². The van der Waals surface area contributed by atoms with E-state index in [4.69, 9.17) is 16.9 Å². The van der Waals surface area contributed by atoms with Crippen molar-refractivity contribution in [3.05, 3.63) is 35.4 Å². The first-order chi connectivity index (χ1) is 16.4. The number of rotatable bonds is 12. The molecule has 0 aliphatic rings. The summed E-state index contributed by atoms with van der Waals surface area (Å²) >= 11 is 0. The number of terminal acetylenes is 1. The summed E-state index contributed by atoms with van der Waals surface area (Å²) in [5.74, 6) is 0.951. The maximum atomic E-state index is 13.5. The quantitative estimate of drug-likeness (QED) is 0.309. The molecule has 0 fully saturated rings. The molecular weight excluding hydrogens is 448 g/mol. The minimum absolute atomic E-state index is 0.0562. The fourth-order valence-corrected chi connectivity index (χ4v) is 3.44. The summed E-state index contributed by atoms with van der Waals surface area (Å²) in [6.07, 6.45) is 7.38. The van der Waals surface area contributed by atoms with Crippen LogP contribution in [0.25, 0.3) is 0 Å². The van der Waals surface area contributed by atoms with Gasteiger partial charge in [0.15, 0.2) is 0 Å². The predicted octanol–water partition coefficient (Wildman–Crippen LogP) is 2.63. The summed E-state index contributed by atoms with van der Waals surface area (Å²) in [6, 6.07) is 4.67. The second-order valence-corrected chi connectivity index (χ2v) is 9.29. The zero-order valence-electron chi connectivity index (χ0n) is 21.3. The van der Waals surface area contributed by atoms with Gasteiger partial charge in [0, 0.05) is 25.6 Å². The standard InChI is InChI=1S/C26H38N4O5/c1-7-9-12-17-28-23(32)22(19-14-11-10-13-18(19)8-2)30(6)24(33)20(15-16-21(27)31)29-25(34)35-26(3,4)5/h2,10-11,13-14,20,22H,7,9,12,15-17H2,1,3-6H3,(H2,27,31)(H,28,32)(H,29,34). The summed E-state index contributed by atoms with van der Waals surface area (Å²) in [6.45, 7) is 7.58. The highest BCUT2D eigenvalue weighted by atomic mass is 16.6. The van der Waals surface area contributed by atoms with E-state index in [2.05, 4.69) is 23.5 Å². The molecule has 192 valence electrons. The Labute approximate surface area is 208 Å². The van der Waals surface area contributed by atoms with Crippen LogP contribution < -0.4 is 16.4 Å². The average molecular weight is 487 g/mol. The van der Waals surface area contributed by atoms with Gasteiger partial charge in [-0.15, -0.1) is 6.42 Å². The lowest BCUT2D eigenvalue weighted by atomic mass is 9.97. The van der Waals surface area contributed by atoms with Crippen molar-refractivity contribution < 1.29 is 23.9 Å². The third-order valence-corrected chi connectivity index (χ3v) is 5.14. The number of nitrogens with two attached hydrogens (primary N) is 1. The van der Waals surface area contributed by atoms with Gasteiger partial charge in [0.05, 0.1) is 0 Å². The number of nitrogens with zero attached hydrogens (tertiary/aromatic N) is 1. The Morgan fingerprint density at radius 3 is 2.40 bits per heavy atom. The molecule has 4 amide bonds. The van der Waals surface area contributed by atoms with Crippen LogP contribution in [0.3, 0.4) is 0 Å². The van der Waals surface area contributed by atoms with Crippen molar-refractivity contribution in [2.75, 3.05) is 13.6 Å². The van der Waals surface area contributed by atoms with E-state index in [9.17, 15) is 19.2 Å². The Kier molecular flexibility index (Phi) is 11.8. The van der Waals surface area contributed by atoms with Gasteiger partial charge >= 0.3 is 6.09 Å². The van der Waals surface area contributed by atoms with Gasteiger partial charge in [-0.2, -0.15) is 0 Å². The lowest BCUT2D eigenvalue weighted by Gasteiger charge is -2.32. The molecule has 1 aromatic carbocycles. The molecule has 2 atom stereocenters. The zero-order chi connectivity index (χ0) is 26.6. The maximum Gasteiger partial charge on any atom is 0.408 e. The molecule has 0 heterocycles. The van der Waals surface area contributed by atoms with E-state index in [1.165, 1.54) is 11.9 Å². The van der Waals surface area contributed by atoms with Crippen molar-refractivity contribution in [1.82, 2.24) is 15.5 Å². The van der Waals surface area contributed by atoms with Gasteiger partial charge in [0.2, 0.25) is 17.7 Å². The summed E-state index contributed by atoms with van der Waals surface area (Å²) in [5, 5.41) is 5.39. The number of ether oxygens (including phenoxy) is 1. The number of benzene rings is 1. The second kappa shape index (κ2) is 14.0. The highest BCUT2D eigenvalue weighted by Crippen LogP contribution is 2.25. The number of hydrogen-bond acceptors (Lipinski definition) is 5. The molecule has 1 rings (SSSR count). The molecule has 0 bridgehead atoms. The van der Waals surface area contributed by atoms with E-state index in [0.29, 0.717) is 17.7 Å². The third-order valence-electron chi connectivity index (χ3n) is 5.14. The van der Waals surface area contributed by atoms with Gasteiger partial charge < -0.3 is 26.0 Å². The molecule has 2 unspecified atom stereocenters. The molecular formula is C26H38N4O5. The van der Waals surface area contributed by atoms with Gasteiger partial charge in [0.1, 0.15) is 17.7 Å². The fraction of sp³-hybridized carbons (Fsp3) is 0.538. The molecule has 0 aliphatic heterocycles. The number of unbranched alkanes of at least 4 members (excludes halogenated alkanes) is 2. The largest absolute Gasteiger partial charge is 0.444 e. The minimum atomic E-state index is -1.14. The fourth-order valence-electron chi connectivity index (χ4n) is 3.44. The topological polar surface area (TPSA) is 131 Å². The normalized spacial score (nSPS) is 12.6. The van der Waals surface area contributed by atoms with Crippen LogP contribution in [0.4, 0.5) is 4.79 Å². The van der Waals surface area contributed by atoms with Crippen LogP contribution in [0.2, 0.25) is 0 Å². The SMILES string of the molecule is C#Cc1ccccc1C(C(=O)NCCCCC)N(C)C(=O)C(CCC(N)=O)NC(=O)OC(C)(C)C. The lowest BCUT2D eigenvalue weighted by Crippen LogP contribution is -2.52. The summed E-state index contributed by atoms with van der Waals surface area (Å²) < 4.78 is 5.27. The Balaban J connectivity index is 3.28. The van der Waals surface area contributed by atoms with E-state index < -0.39 is 41.5 Å². The van der Waals surface area contributed by atoms with Crippen LogP contribution in [-0.4, -0.2) is 54.0 Å². The van der Waals surface area contributed by atoms with Crippen molar-refractivity contribution in [3.63, 3.8) is 0 Å². The first-order valence-electron chi connectivity index (χ1n) is 11.8. The molecule has 0 aromatic heterocycles. The predicted molar refractivity (Wildman–Crippen MR) is 134 cm³/mol. The van der Waals surface area contributed by atoms with E-state index in [-0.39, 0.29) is 12.8 Å². The highest BCUT2D eigenvalue weighted by molar-refractivity contribution is 5.92. The molecule has 0 radical (unpaired) electrons. The second-order valence-electron chi connectivity index (χ2n) is 9.29. The summed E-state index contributed by atoms with van der Waals surface area (Å²) in [4.78, 5) is 51.8. The van der Waals surface area contributed by atoms with E-state index in [0.717, 1.165) is 19.3 Å². The van der Waals surface area contributed by atoms with Crippen molar-refractivity contribution in [1.29, 1.82) is 0 Å². The number of carbonyl (C=O) groups excluding carboxylic acids is 4. The first-order valence-corrected chi connectivity index (χ1v) is 11.8.